The summed E-state index contributed by atoms with van der Waals surface area (Å²) >= 11 is 1.72. The Morgan fingerprint density at radius 2 is 2.36 bits per heavy atom. The van der Waals surface area contributed by atoms with Gasteiger partial charge in [0.05, 0.1) is 10.7 Å². The molecule has 1 unspecified atom stereocenters. The number of anilines is 1. The fourth-order valence-corrected chi connectivity index (χ4v) is 3.51. The molecule has 0 amide bonds. The van der Waals surface area contributed by atoms with Crippen molar-refractivity contribution in [3.05, 3.63) is 40.6 Å². The summed E-state index contributed by atoms with van der Waals surface area (Å²) in [5.41, 5.74) is 2.05. The highest BCUT2D eigenvalue weighted by Gasteiger charge is 2.23. The lowest BCUT2D eigenvalue weighted by Crippen LogP contribution is -2.26. The fraction of sp³-hybridized carbons (Fsp3) is 0.400. The minimum Gasteiger partial charge on any atom is -0.365 e. The molecule has 1 aliphatic rings. The Kier molecular flexibility index (Phi) is 3.51. The Labute approximate surface area is 132 Å². The van der Waals surface area contributed by atoms with Crippen LogP contribution in [-0.4, -0.2) is 43.6 Å². The molecular weight excluding hydrogens is 296 g/mol. The lowest BCUT2D eigenvalue weighted by molar-refractivity contribution is 0.325. The van der Waals surface area contributed by atoms with Gasteiger partial charge >= 0.3 is 0 Å². The van der Waals surface area contributed by atoms with Gasteiger partial charge in [0.1, 0.15) is 5.82 Å². The summed E-state index contributed by atoms with van der Waals surface area (Å²) in [6.45, 7) is 5.12. The van der Waals surface area contributed by atoms with Crippen LogP contribution in [0.3, 0.4) is 0 Å². The molecule has 3 aromatic heterocycles. The largest absolute Gasteiger partial charge is 0.365 e. The number of thiazole rings is 1. The molecule has 0 aliphatic carbocycles. The zero-order chi connectivity index (χ0) is 14.9. The molecule has 6 nitrogen and oxygen atoms in total. The highest BCUT2D eigenvalue weighted by Crippen LogP contribution is 2.18. The van der Waals surface area contributed by atoms with E-state index in [-0.39, 0.29) is 0 Å². The molecule has 0 radical (unpaired) electrons. The van der Waals surface area contributed by atoms with Gasteiger partial charge in [-0.15, -0.1) is 16.4 Å². The molecule has 1 fully saturated rings. The van der Waals surface area contributed by atoms with E-state index in [2.05, 4.69) is 37.6 Å². The maximum Gasteiger partial charge on any atom is 0.153 e. The minimum atomic E-state index is 0.438. The van der Waals surface area contributed by atoms with Crippen molar-refractivity contribution in [2.75, 3.05) is 18.4 Å². The number of aryl methyl sites for hydroxylation is 1. The van der Waals surface area contributed by atoms with E-state index in [9.17, 15) is 0 Å². The zero-order valence-corrected chi connectivity index (χ0v) is 13.3. The van der Waals surface area contributed by atoms with Crippen LogP contribution in [0.25, 0.3) is 5.65 Å². The average molecular weight is 314 g/mol. The molecule has 1 atom stereocenters. The molecule has 4 heterocycles. The summed E-state index contributed by atoms with van der Waals surface area (Å²) in [6.07, 6.45) is 4.76. The molecule has 7 heteroatoms. The average Bonchev–Trinajstić information content (AvgIpc) is 3.21. The number of fused-ring (bicyclic) bond motifs is 1. The van der Waals surface area contributed by atoms with E-state index in [4.69, 9.17) is 0 Å². The Hall–Kier alpha value is -1.99. The second kappa shape index (κ2) is 5.66. The van der Waals surface area contributed by atoms with E-state index >= 15 is 0 Å². The van der Waals surface area contributed by atoms with Gasteiger partial charge in [0, 0.05) is 43.4 Å². The van der Waals surface area contributed by atoms with Crippen molar-refractivity contribution in [2.24, 2.45) is 0 Å². The van der Waals surface area contributed by atoms with Crippen molar-refractivity contribution in [2.45, 2.75) is 25.9 Å². The molecule has 1 N–H and O–H groups in total. The number of imidazole rings is 1. The number of likely N-dealkylation sites (tertiary alicyclic amines) is 1. The van der Waals surface area contributed by atoms with Gasteiger partial charge in [-0.1, -0.05) is 0 Å². The number of aromatic nitrogens is 4. The first kappa shape index (κ1) is 13.7. The van der Waals surface area contributed by atoms with Crippen molar-refractivity contribution >= 4 is 22.8 Å². The van der Waals surface area contributed by atoms with Crippen LogP contribution in [0.1, 0.15) is 17.1 Å². The molecule has 4 rings (SSSR count). The monoisotopic (exact) mass is 314 g/mol. The lowest BCUT2D eigenvalue weighted by atomic mass is 10.2. The third kappa shape index (κ3) is 2.82. The maximum absolute atomic E-state index is 4.55. The topological polar surface area (TPSA) is 58.4 Å². The predicted octanol–water partition coefficient (Wildman–Crippen LogP) is 2.18. The second-order valence-electron chi connectivity index (χ2n) is 5.67. The normalized spacial score (nSPS) is 19.0. The Morgan fingerprint density at radius 1 is 1.41 bits per heavy atom. The first-order chi connectivity index (χ1) is 10.8. The van der Waals surface area contributed by atoms with Crippen molar-refractivity contribution in [3.63, 3.8) is 0 Å². The van der Waals surface area contributed by atoms with E-state index in [1.54, 1.807) is 22.0 Å². The van der Waals surface area contributed by atoms with Gasteiger partial charge in [-0.25, -0.2) is 14.5 Å². The fourth-order valence-electron chi connectivity index (χ4n) is 2.91. The molecule has 1 saturated heterocycles. The van der Waals surface area contributed by atoms with Crippen LogP contribution in [0, 0.1) is 6.92 Å². The van der Waals surface area contributed by atoms with Gasteiger partial charge in [0.25, 0.3) is 0 Å². The van der Waals surface area contributed by atoms with Crippen LogP contribution in [0.2, 0.25) is 0 Å². The third-order valence-electron chi connectivity index (χ3n) is 3.93. The molecule has 0 bridgehead atoms. The van der Waals surface area contributed by atoms with E-state index < -0.39 is 0 Å². The molecule has 1 aliphatic heterocycles. The van der Waals surface area contributed by atoms with Crippen molar-refractivity contribution < 1.29 is 0 Å². The number of hydrogen-bond acceptors (Lipinski definition) is 6. The summed E-state index contributed by atoms with van der Waals surface area (Å²) in [5, 5.41) is 11.3. The van der Waals surface area contributed by atoms with Gasteiger partial charge in [0.2, 0.25) is 0 Å². The van der Waals surface area contributed by atoms with Gasteiger partial charge < -0.3 is 5.32 Å². The molecule has 3 aromatic rings. The maximum atomic E-state index is 4.55. The molecule has 22 heavy (non-hydrogen) atoms. The van der Waals surface area contributed by atoms with Crippen LogP contribution >= 0.6 is 11.3 Å². The highest BCUT2D eigenvalue weighted by atomic mass is 32.1. The second-order valence-corrected chi connectivity index (χ2v) is 6.73. The Bertz CT molecular complexity index is 779. The van der Waals surface area contributed by atoms with E-state index in [1.807, 2.05) is 18.3 Å². The molecule has 114 valence electrons. The molecule has 0 spiro atoms. The Morgan fingerprint density at radius 3 is 3.23 bits per heavy atom. The molecular formula is C15H18N6S. The quantitative estimate of drug-likeness (QED) is 0.800. The van der Waals surface area contributed by atoms with Gasteiger partial charge in [-0.2, -0.15) is 0 Å². The summed E-state index contributed by atoms with van der Waals surface area (Å²) in [6, 6.07) is 4.42. The zero-order valence-electron chi connectivity index (χ0n) is 12.4. The smallest absolute Gasteiger partial charge is 0.153 e. The predicted molar refractivity (Wildman–Crippen MR) is 87.1 cm³/mol. The van der Waals surface area contributed by atoms with Crippen molar-refractivity contribution in [1.82, 2.24) is 24.5 Å². The van der Waals surface area contributed by atoms with Gasteiger partial charge in [-0.05, 0) is 25.5 Å². The molecule has 0 saturated carbocycles. The standard InChI is InChI=1S/C15H18N6S/c1-11-17-13(10-22-11)9-20-6-4-12(8-20)18-14-2-3-15-16-5-7-21(15)19-14/h2-3,5,7,10,12H,4,6,8-9H2,1H3,(H,18,19). The van der Waals surface area contributed by atoms with Crippen LogP contribution in [0.5, 0.6) is 0 Å². The first-order valence-corrected chi connectivity index (χ1v) is 8.34. The van der Waals surface area contributed by atoms with Crippen molar-refractivity contribution in [3.8, 4) is 0 Å². The van der Waals surface area contributed by atoms with E-state index in [1.165, 1.54) is 5.69 Å². The highest BCUT2D eigenvalue weighted by molar-refractivity contribution is 7.09. The van der Waals surface area contributed by atoms with Gasteiger partial charge in [-0.3, -0.25) is 4.90 Å². The van der Waals surface area contributed by atoms with Gasteiger partial charge in [0.15, 0.2) is 5.65 Å². The van der Waals surface area contributed by atoms with Crippen molar-refractivity contribution in [1.29, 1.82) is 0 Å². The summed E-state index contributed by atoms with van der Waals surface area (Å²) in [7, 11) is 0. The SMILES string of the molecule is Cc1nc(CN2CCC(Nc3ccc4nccn4n3)C2)cs1. The summed E-state index contributed by atoms with van der Waals surface area (Å²) < 4.78 is 1.80. The van der Waals surface area contributed by atoms with Crippen LogP contribution in [-0.2, 0) is 6.54 Å². The van der Waals surface area contributed by atoms with Crippen LogP contribution in [0.15, 0.2) is 29.9 Å². The number of rotatable bonds is 4. The van der Waals surface area contributed by atoms with Crippen LogP contribution in [0.4, 0.5) is 5.82 Å². The third-order valence-corrected chi connectivity index (χ3v) is 4.75. The lowest BCUT2D eigenvalue weighted by Gasteiger charge is -2.16. The van der Waals surface area contributed by atoms with E-state index in [0.29, 0.717) is 6.04 Å². The van der Waals surface area contributed by atoms with E-state index in [0.717, 1.165) is 42.5 Å². The Balaban J connectivity index is 1.38. The van der Waals surface area contributed by atoms with Crippen LogP contribution < -0.4 is 5.32 Å². The molecule has 0 aromatic carbocycles. The summed E-state index contributed by atoms with van der Waals surface area (Å²) in [5.74, 6) is 0.904. The number of nitrogens with one attached hydrogen (secondary N) is 1. The summed E-state index contributed by atoms with van der Waals surface area (Å²) in [4.78, 5) is 11.2. The number of nitrogens with zero attached hydrogens (tertiary/aromatic N) is 5. The first-order valence-electron chi connectivity index (χ1n) is 7.46. The number of hydrogen-bond donors (Lipinski definition) is 1. The minimum absolute atomic E-state index is 0.438.